The number of aromatic nitrogens is 3. The second-order valence-electron chi connectivity index (χ2n) is 6.11. The number of nitrogens with one attached hydrogen (secondary N) is 1. The molecule has 0 aliphatic heterocycles. The van der Waals surface area contributed by atoms with Gasteiger partial charge in [0, 0.05) is 18.0 Å². The van der Waals surface area contributed by atoms with Crippen LogP contribution in [0.2, 0.25) is 0 Å². The maximum Gasteiger partial charge on any atom is 0.260 e. The zero-order valence-corrected chi connectivity index (χ0v) is 14.6. The molecule has 132 valence electrons. The SMILES string of the molecule is O=C(Nc1ccccn1)c1cn(Cc2ccccc2)nc1-c1ccccc1. The minimum atomic E-state index is -0.230. The molecule has 27 heavy (non-hydrogen) atoms. The number of hydrogen-bond acceptors (Lipinski definition) is 3. The molecule has 0 spiro atoms. The zero-order valence-electron chi connectivity index (χ0n) is 14.6. The number of carbonyl (C=O) groups excluding carboxylic acids is 1. The average molecular weight is 354 g/mol. The van der Waals surface area contributed by atoms with Crippen molar-refractivity contribution in [3.63, 3.8) is 0 Å². The monoisotopic (exact) mass is 354 g/mol. The maximum absolute atomic E-state index is 12.9. The standard InChI is InChI=1S/C22H18N4O/c27-22(24-20-13-7-8-14-23-20)19-16-26(15-17-9-3-1-4-10-17)25-21(19)18-11-5-2-6-12-18/h1-14,16H,15H2,(H,23,24,27). The van der Waals surface area contributed by atoms with Crippen molar-refractivity contribution in [1.29, 1.82) is 0 Å². The summed E-state index contributed by atoms with van der Waals surface area (Å²) in [6, 6.07) is 25.2. The first kappa shape index (κ1) is 16.7. The Morgan fingerprint density at radius 3 is 2.30 bits per heavy atom. The largest absolute Gasteiger partial charge is 0.306 e. The fraction of sp³-hybridized carbons (Fsp3) is 0.0455. The van der Waals surface area contributed by atoms with Gasteiger partial charge < -0.3 is 5.32 Å². The van der Waals surface area contributed by atoms with Crippen LogP contribution >= 0.6 is 0 Å². The lowest BCUT2D eigenvalue weighted by molar-refractivity contribution is 0.102. The number of pyridine rings is 1. The van der Waals surface area contributed by atoms with Gasteiger partial charge in [0.15, 0.2) is 0 Å². The van der Waals surface area contributed by atoms with Gasteiger partial charge in [-0.2, -0.15) is 5.10 Å². The van der Waals surface area contributed by atoms with E-state index in [1.54, 1.807) is 23.1 Å². The fourth-order valence-electron chi connectivity index (χ4n) is 2.87. The Labute approximate surface area is 157 Å². The van der Waals surface area contributed by atoms with Gasteiger partial charge in [-0.15, -0.1) is 0 Å². The predicted octanol–water partition coefficient (Wildman–Crippen LogP) is 4.25. The third-order valence-corrected chi connectivity index (χ3v) is 4.15. The van der Waals surface area contributed by atoms with E-state index in [9.17, 15) is 4.79 Å². The number of hydrogen-bond donors (Lipinski definition) is 1. The Morgan fingerprint density at radius 1 is 0.889 bits per heavy atom. The van der Waals surface area contributed by atoms with Crippen molar-refractivity contribution in [1.82, 2.24) is 14.8 Å². The Morgan fingerprint density at radius 2 is 1.59 bits per heavy atom. The van der Waals surface area contributed by atoms with Crippen LogP contribution in [0.5, 0.6) is 0 Å². The van der Waals surface area contributed by atoms with E-state index >= 15 is 0 Å². The molecule has 0 aliphatic carbocycles. The molecule has 1 amide bonds. The van der Waals surface area contributed by atoms with E-state index in [1.165, 1.54) is 0 Å². The Kier molecular flexibility index (Phi) is 4.74. The molecule has 1 N–H and O–H groups in total. The number of benzene rings is 2. The molecule has 0 bridgehead atoms. The molecule has 2 aromatic carbocycles. The molecule has 0 saturated carbocycles. The van der Waals surface area contributed by atoms with Crippen molar-refractivity contribution in [2.75, 3.05) is 5.32 Å². The van der Waals surface area contributed by atoms with Gasteiger partial charge in [0.1, 0.15) is 11.5 Å². The Hall–Kier alpha value is -3.73. The first-order chi connectivity index (χ1) is 13.3. The first-order valence-corrected chi connectivity index (χ1v) is 8.69. The van der Waals surface area contributed by atoms with Crippen LogP contribution in [0.15, 0.2) is 91.3 Å². The zero-order chi connectivity index (χ0) is 18.5. The summed E-state index contributed by atoms with van der Waals surface area (Å²) in [7, 11) is 0. The molecular weight excluding hydrogens is 336 g/mol. The topological polar surface area (TPSA) is 59.8 Å². The average Bonchev–Trinajstić information content (AvgIpc) is 3.14. The normalized spacial score (nSPS) is 10.5. The smallest absolute Gasteiger partial charge is 0.260 e. The van der Waals surface area contributed by atoms with Gasteiger partial charge in [0.25, 0.3) is 5.91 Å². The van der Waals surface area contributed by atoms with Gasteiger partial charge in [0.05, 0.1) is 12.1 Å². The van der Waals surface area contributed by atoms with Gasteiger partial charge in [-0.3, -0.25) is 9.48 Å². The molecule has 5 heteroatoms. The van der Waals surface area contributed by atoms with Crippen molar-refractivity contribution >= 4 is 11.7 Å². The quantitative estimate of drug-likeness (QED) is 0.583. The van der Waals surface area contributed by atoms with Crippen LogP contribution in [0, 0.1) is 0 Å². The van der Waals surface area contributed by atoms with E-state index in [0.29, 0.717) is 23.6 Å². The maximum atomic E-state index is 12.9. The van der Waals surface area contributed by atoms with Crippen molar-refractivity contribution in [3.05, 3.63) is 102 Å². The van der Waals surface area contributed by atoms with Crippen LogP contribution in [0.1, 0.15) is 15.9 Å². The predicted molar refractivity (Wildman–Crippen MR) is 105 cm³/mol. The van der Waals surface area contributed by atoms with Crippen LogP contribution < -0.4 is 5.32 Å². The fourth-order valence-corrected chi connectivity index (χ4v) is 2.87. The minimum absolute atomic E-state index is 0.230. The van der Waals surface area contributed by atoms with Gasteiger partial charge >= 0.3 is 0 Å². The third-order valence-electron chi connectivity index (χ3n) is 4.15. The first-order valence-electron chi connectivity index (χ1n) is 8.69. The number of carbonyl (C=O) groups is 1. The summed E-state index contributed by atoms with van der Waals surface area (Å²) in [5.41, 5.74) is 3.19. The highest BCUT2D eigenvalue weighted by Gasteiger charge is 2.18. The van der Waals surface area contributed by atoms with Gasteiger partial charge in [-0.05, 0) is 17.7 Å². The molecule has 2 heterocycles. The molecule has 5 nitrogen and oxygen atoms in total. The lowest BCUT2D eigenvalue weighted by Crippen LogP contribution is -2.13. The van der Waals surface area contributed by atoms with E-state index in [4.69, 9.17) is 0 Å². The summed E-state index contributed by atoms with van der Waals surface area (Å²) in [6.07, 6.45) is 3.43. The lowest BCUT2D eigenvalue weighted by Gasteiger charge is -2.04. The number of nitrogens with zero attached hydrogens (tertiary/aromatic N) is 3. The molecular formula is C22H18N4O. The van der Waals surface area contributed by atoms with Crippen LogP contribution in [0.4, 0.5) is 5.82 Å². The van der Waals surface area contributed by atoms with Crippen LogP contribution in [0.3, 0.4) is 0 Å². The minimum Gasteiger partial charge on any atom is -0.306 e. The van der Waals surface area contributed by atoms with Crippen molar-refractivity contribution < 1.29 is 4.79 Å². The van der Waals surface area contributed by atoms with Crippen LogP contribution in [-0.2, 0) is 6.54 Å². The number of anilines is 1. The van der Waals surface area contributed by atoms with Gasteiger partial charge in [0.2, 0.25) is 0 Å². The molecule has 0 aliphatic rings. The summed E-state index contributed by atoms with van der Waals surface area (Å²) in [5, 5.41) is 7.52. The summed E-state index contributed by atoms with van der Waals surface area (Å²) < 4.78 is 1.80. The summed E-state index contributed by atoms with van der Waals surface area (Å²) in [5.74, 6) is 0.282. The summed E-state index contributed by atoms with van der Waals surface area (Å²) in [6.45, 7) is 0.595. The van der Waals surface area contributed by atoms with E-state index in [1.807, 2.05) is 72.8 Å². The van der Waals surface area contributed by atoms with Crippen molar-refractivity contribution in [3.8, 4) is 11.3 Å². The molecule has 4 aromatic rings. The van der Waals surface area contributed by atoms with Gasteiger partial charge in [-0.25, -0.2) is 4.98 Å². The van der Waals surface area contributed by atoms with Crippen LogP contribution in [0.25, 0.3) is 11.3 Å². The van der Waals surface area contributed by atoms with E-state index in [-0.39, 0.29) is 5.91 Å². The number of amides is 1. The summed E-state index contributed by atoms with van der Waals surface area (Å²) in [4.78, 5) is 17.0. The molecule has 0 saturated heterocycles. The van der Waals surface area contributed by atoms with Crippen LogP contribution in [-0.4, -0.2) is 20.7 Å². The summed E-state index contributed by atoms with van der Waals surface area (Å²) >= 11 is 0. The lowest BCUT2D eigenvalue weighted by atomic mass is 10.1. The van der Waals surface area contributed by atoms with Gasteiger partial charge in [-0.1, -0.05) is 66.7 Å². The Bertz CT molecular complexity index is 1030. The van der Waals surface area contributed by atoms with E-state index < -0.39 is 0 Å². The van der Waals surface area contributed by atoms with Crippen molar-refractivity contribution in [2.45, 2.75) is 6.54 Å². The molecule has 0 atom stereocenters. The highest BCUT2D eigenvalue weighted by atomic mass is 16.1. The third kappa shape index (κ3) is 3.93. The molecule has 2 aromatic heterocycles. The second-order valence-corrected chi connectivity index (χ2v) is 6.11. The second kappa shape index (κ2) is 7.66. The molecule has 0 radical (unpaired) electrons. The van der Waals surface area contributed by atoms with E-state index in [2.05, 4.69) is 15.4 Å². The highest BCUT2D eigenvalue weighted by Crippen LogP contribution is 2.23. The molecule has 0 unspecified atom stereocenters. The van der Waals surface area contributed by atoms with E-state index in [0.717, 1.165) is 11.1 Å². The highest BCUT2D eigenvalue weighted by molar-refractivity contribution is 6.07. The van der Waals surface area contributed by atoms with Crippen molar-refractivity contribution in [2.24, 2.45) is 0 Å². The molecule has 4 rings (SSSR count). The Balaban J connectivity index is 1.69. The number of rotatable bonds is 5. The molecule has 0 fully saturated rings.